The lowest BCUT2D eigenvalue weighted by atomic mass is 10.1. The van der Waals surface area contributed by atoms with Crippen LogP contribution in [0.4, 0.5) is 14.6 Å². The number of rotatable bonds is 2. The molecule has 18 heavy (non-hydrogen) atoms. The highest BCUT2D eigenvalue weighted by molar-refractivity contribution is 5.86. The topological polar surface area (TPSA) is 70.7 Å². The Labute approximate surface area is 99.5 Å². The summed E-state index contributed by atoms with van der Waals surface area (Å²) in [4.78, 5) is 16.2. The Balaban J connectivity index is 1.94. The predicted molar refractivity (Wildman–Crippen MR) is 57.1 cm³/mol. The number of carbonyl (C=O) groups is 1. The second-order valence-electron chi connectivity index (χ2n) is 4.14. The van der Waals surface area contributed by atoms with Gasteiger partial charge in [-0.3, -0.25) is 0 Å². The maximum Gasteiger partial charge on any atom is 0.356 e. The molecule has 8 heteroatoms. The number of carboxylic acid groups (broad SMARTS) is 1. The molecule has 1 fully saturated rings. The van der Waals surface area contributed by atoms with Gasteiger partial charge in [-0.2, -0.15) is 5.10 Å². The minimum absolute atomic E-state index is 0.131. The molecule has 3 heterocycles. The van der Waals surface area contributed by atoms with Crippen molar-refractivity contribution in [1.82, 2.24) is 14.6 Å². The number of hydrogen-bond donors (Lipinski definition) is 1. The highest BCUT2D eigenvalue weighted by atomic mass is 19.3. The number of fused-ring (bicyclic) bond motifs is 1. The molecule has 1 aliphatic heterocycles. The van der Waals surface area contributed by atoms with Crippen LogP contribution in [0.5, 0.6) is 0 Å². The summed E-state index contributed by atoms with van der Waals surface area (Å²) in [7, 11) is 0. The van der Waals surface area contributed by atoms with Gasteiger partial charge in [0.1, 0.15) is 5.82 Å². The monoisotopic (exact) mass is 254 g/mol. The molecule has 0 amide bonds. The van der Waals surface area contributed by atoms with Gasteiger partial charge in [-0.25, -0.2) is 23.1 Å². The van der Waals surface area contributed by atoms with Gasteiger partial charge < -0.3 is 10.0 Å². The third-order valence-corrected chi connectivity index (χ3v) is 2.70. The van der Waals surface area contributed by atoms with Crippen molar-refractivity contribution in [1.29, 1.82) is 0 Å². The molecule has 0 spiro atoms. The van der Waals surface area contributed by atoms with Crippen molar-refractivity contribution in [2.75, 3.05) is 18.0 Å². The van der Waals surface area contributed by atoms with E-state index in [-0.39, 0.29) is 18.8 Å². The number of nitrogens with zero attached hydrogens (tertiary/aromatic N) is 4. The lowest BCUT2D eigenvalue weighted by molar-refractivity contribution is -0.0266. The Morgan fingerprint density at radius 3 is 2.78 bits per heavy atom. The van der Waals surface area contributed by atoms with Gasteiger partial charge in [0.2, 0.25) is 0 Å². The SMILES string of the molecule is O=C(O)c1cc2nc(N3CC(F)(F)C3)ccn2n1. The van der Waals surface area contributed by atoms with Crippen molar-refractivity contribution >= 4 is 17.4 Å². The largest absolute Gasteiger partial charge is 0.476 e. The van der Waals surface area contributed by atoms with Crippen molar-refractivity contribution in [3.05, 3.63) is 24.0 Å². The molecule has 0 aromatic carbocycles. The fraction of sp³-hybridized carbons (Fsp3) is 0.300. The fourth-order valence-electron chi connectivity index (χ4n) is 1.82. The molecule has 0 aliphatic carbocycles. The molecule has 2 aromatic rings. The zero-order chi connectivity index (χ0) is 12.9. The highest BCUT2D eigenvalue weighted by Gasteiger charge is 2.44. The first-order chi connectivity index (χ1) is 8.44. The first-order valence-corrected chi connectivity index (χ1v) is 5.17. The average Bonchev–Trinajstić information content (AvgIpc) is 2.68. The Kier molecular flexibility index (Phi) is 2.04. The van der Waals surface area contributed by atoms with Gasteiger partial charge in [0.15, 0.2) is 11.3 Å². The quantitative estimate of drug-likeness (QED) is 0.861. The standard InChI is InChI=1S/C10H8F2N4O2/c11-10(12)4-15(5-10)7-1-2-16-8(13-7)3-6(14-16)9(17)18/h1-3H,4-5H2,(H,17,18). The fourth-order valence-corrected chi connectivity index (χ4v) is 1.82. The van der Waals surface area contributed by atoms with Gasteiger partial charge in [-0.05, 0) is 6.07 Å². The minimum atomic E-state index is -2.67. The van der Waals surface area contributed by atoms with Crippen LogP contribution in [0.2, 0.25) is 0 Å². The van der Waals surface area contributed by atoms with Crippen LogP contribution >= 0.6 is 0 Å². The van der Waals surface area contributed by atoms with Gasteiger partial charge in [0.05, 0.1) is 13.1 Å². The Bertz CT molecular complexity index is 632. The second-order valence-corrected chi connectivity index (χ2v) is 4.14. The summed E-state index contributed by atoms with van der Waals surface area (Å²) in [6.45, 7) is -0.730. The van der Waals surface area contributed by atoms with Gasteiger partial charge in [-0.15, -0.1) is 0 Å². The molecule has 1 N–H and O–H groups in total. The van der Waals surface area contributed by atoms with E-state index in [2.05, 4.69) is 10.1 Å². The number of aromatic nitrogens is 3. The van der Waals surface area contributed by atoms with Crippen molar-refractivity contribution in [3.8, 4) is 0 Å². The van der Waals surface area contributed by atoms with E-state index in [9.17, 15) is 13.6 Å². The summed E-state index contributed by atoms with van der Waals surface area (Å²) >= 11 is 0. The van der Waals surface area contributed by atoms with E-state index in [1.54, 1.807) is 0 Å². The lowest BCUT2D eigenvalue weighted by Crippen LogP contribution is -2.56. The minimum Gasteiger partial charge on any atom is -0.476 e. The molecular weight excluding hydrogens is 246 g/mol. The number of anilines is 1. The molecule has 0 saturated carbocycles. The summed E-state index contributed by atoms with van der Waals surface area (Å²) in [5, 5.41) is 12.6. The van der Waals surface area contributed by atoms with Crippen molar-refractivity contribution in [3.63, 3.8) is 0 Å². The molecule has 0 unspecified atom stereocenters. The molecule has 94 valence electrons. The van der Waals surface area contributed by atoms with Crippen molar-refractivity contribution < 1.29 is 18.7 Å². The molecule has 6 nitrogen and oxygen atoms in total. The van der Waals surface area contributed by atoms with E-state index in [0.717, 1.165) is 0 Å². The van der Waals surface area contributed by atoms with Crippen LogP contribution in [-0.4, -0.2) is 44.7 Å². The molecule has 2 aromatic heterocycles. The van der Waals surface area contributed by atoms with Crippen LogP contribution in [0.3, 0.4) is 0 Å². The predicted octanol–water partition coefficient (Wildman–Crippen LogP) is 0.883. The van der Waals surface area contributed by atoms with E-state index >= 15 is 0 Å². The van der Waals surface area contributed by atoms with Crippen LogP contribution in [0.15, 0.2) is 18.3 Å². The third kappa shape index (κ3) is 1.66. The zero-order valence-electron chi connectivity index (χ0n) is 9.05. The summed E-state index contributed by atoms with van der Waals surface area (Å²) < 4.78 is 26.8. The van der Waals surface area contributed by atoms with Gasteiger partial charge in [0.25, 0.3) is 5.92 Å². The van der Waals surface area contributed by atoms with E-state index in [1.165, 1.54) is 27.7 Å². The molecule has 1 aliphatic rings. The Morgan fingerprint density at radius 1 is 1.44 bits per heavy atom. The first kappa shape index (κ1) is 10.9. The Hall–Kier alpha value is -2.25. The van der Waals surface area contributed by atoms with Gasteiger partial charge >= 0.3 is 5.97 Å². The summed E-state index contributed by atoms with van der Waals surface area (Å²) in [5.74, 6) is -3.43. The van der Waals surface area contributed by atoms with Crippen molar-refractivity contribution in [2.24, 2.45) is 0 Å². The number of carboxylic acids is 1. The Morgan fingerprint density at radius 2 is 2.17 bits per heavy atom. The van der Waals surface area contributed by atoms with E-state index in [0.29, 0.717) is 11.5 Å². The number of halogens is 2. The maximum atomic E-state index is 12.7. The molecule has 0 bridgehead atoms. The highest BCUT2D eigenvalue weighted by Crippen LogP contribution is 2.30. The summed E-state index contributed by atoms with van der Waals surface area (Å²) in [6.07, 6.45) is 1.50. The normalized spacial score (nSPS) is 17.8. The third-order valence-electron chi connectivity index (χ3n) is 2.70. The van der Waals surface area contributed by atoms with Crippen LogP contribution in [-0.2, 0) is 0 Å². The zero-order valence-corrected chi connectivity index (χ0v) is 9.05. The van der Waals surface area contributed by atoms with Crippen LogP contribution in [0.1, 0.15) is 10.5 Å². The van der Waals surface area contributed by atoms with E-state index in [4.69, 9.17) is 5.11 Å². The molecule has 0 atom stereocenters. The molecule has 0 radical (unpaired) electrons. The van der Waals surface area contributed by atoms with E-state index in [1.807, 2.05) is 0 Å². The average molecular weight is 254 g/mol. The molecule has 3 rings (SSSR count). The van der Waals surface area contributed by atoms with Crippen molar-refractivity contribution in [2.45, 2.75) is 5.92 Å². The van der Waals surface area contributed by atoms with Crippen LogP contribution in [0, 0.1) is 0 Å². The smallest absolute Gasteiger partial charge is 0.356 e. The molecular formula is C10H8F2N4O2. The second kappa shape index (κ2) is 3.37. The molecule has 1 saturated heterocycles. The lowest BCUT2D eigenvalue weighted by Gasteiger charge is -2.39. The first-order valence-electron chi connectivity index (χ1n) is 5.17. The van der Waals surface area contributed by atoms with E-state index < -0.39 is 11.9 Å². The van der Waals surface area contributed by atoms with Crippen LogP contribution < -0.4 is 4.90 Å². The van der Waals surface area contributed by atoms with Gasteiger partial charge in [-0.1, -0.05) is 0 Å². The van der Waals surface area contributed by atoms with Crippen LogP contribution in [0.25, 0.3) is 5.65 Å². The summed E-state index contributed by atoms with van der Waals surface area (Å²) in [6, 6.07) is 2.82. The summed E-state index contributed by atoms with van der Waals surface area (Å²) in [5.41, 5.74) is 0.189. The maximum absolute atomic E-state index is 12.7. The van der Waals surface area contributed by atoms with Gasteiger partial charge in [0, 0.05) is 12.3 Å². The number of alkyl halides is 2. The number of aromatic carboxylic acids is 1. The number of hydrogen-bond acceptors (Lipinski definition) is 4.